The van der Waals surface area contributed by atoms with Crippen molar-refractivity contribution in [3.63, 3.8) is 0 Å². The van der Waals surface area contributed by atoms with Crippen LogP contribution in [0.3, 0.4) is 0 Å². The molecule has 0 spiro atoms. The predicted molar refractivity (Wildman–Crippen MR) is 96.4 cm³/mol. The van der Waals surface area contributed by atoms with Crippen LogP contribution in [0.15, 0.2) is 48.5 Å². The molecule has 3 N–H and O–H groups in total. The number of aromatic carboxylic acids is 2. The Morgan fingerprint density at radius 2 is 1.28 bits per heavy atom. The summed E-state index contributed by atoms with van der Waals surface area (Å²) < 4.78 is 0. The molecule has 29 heavy (non-hydrogen) atoms. The van der Waals surface area contributed by atoms with Gasteiger partial charge in [-0.1, -0.05) is 0 Å². The number of anilines is 2. The smallest absolute Gasteiger partial charge is 0.335 e. The van der Waals surface area contributed by atoms with Crippen molar-refractivity contribution in [2.75, 3.05) is 10.2 Å². The van der Waals surface area contributed by atoms with Crippen molar-refractivity contribution in [3.05, 3.63) is 59.7 Å². The Bertz CT molecular complexity index is 1060. The summed E-state index contributed by atoms with van der Waals surface area (Å²) in [5.74, 6) is -8.82. The lowest BCUT2D eigenvalue weighted by molar-refractivity contribution is -0.139. The topological polar surface area (TPSA) is 158 Å². The third-order valence-corrected chi connectivity index (χ3v) is 4.18. The lowest BCUT2D eigenvalue weighted by Crippen LogP contribution is -2.34. The minimum Gasteiger partial charge on any atom is -0.478 e. The fraction of sp³-hybridized carbons (Fsp3) is 0.0526. The molecule has 0 bridgehead atoms. The van der Waals surface area contributed by atoms with E-state index in [1.54, 1.807) is 0 Å². The van der Waals surface area contributed by atoms with E-state index in [4.69, 9.17) is 10.2 Å². The zero-order valence-corrected chi connectivity index (χ0v) is 14.5. The number of hydrogen-bond acceptors (Lipinski definition) is 6. The van der Waals surface area contributed by atoms with Gasteiger partial charge in [0.25, 0.3) is 5.91 Å². The summed E-state index contributed by atoms with van der Waals surface area (Å²) in [7, 11) is 0. The van der Waals surface area contributed by atoms with Crippen molar-refractivity contribution < 1.29 is 39.0 Å². The van der Waals surface area contributed by atoms with Crippen molar-refractivity contribution in [2.45, 2.75) is 0 Å². The van der Waals surface area contributed by atoms with Crippen molar-refractivity contribution in [1.29, 1.82) is 0 Å². The zero-order valence-electron chi connectivity index (χ0n) is 14.5. The number of hydrogen-bond donors (Lipinski definition) is 3. The van der Waals surface area contributed by atoms with Gasteiger partial charge in [0.2, 0.25) is 11.7 Å². The standard InChI is InChI=1S/C19H12N2O8/c22-14-13(15(23)20-11-5-1-9(2-6-11)18(26)27)16(24)21(17(14)25)12-7-3-10(4-8-12)19(28)29/h1-8,13H,(H,20,23)(H,26,27)(H,28,29). The number of carbonyl (C=O) groups excluding carboxylic acids is 4. The monoisotopic (exact) mass is 396 g/mol. The molecular weight excluding hydrogens is 384 g/mol. The second kappa shape index (κ2) is 7.35. The number of imide groups is 1. The quantitative estimate of drug-likeness (QED) is 0.380. The van der Waals surface area contributed by atoms with E-state index in [-0.39, 0.29) is 22.5 Å². The van der Waals surface area contributed by atoms with Gasteiger partial charge < -0.3 is 15.5 Å². The van der Waals surface area contributed by atoms with Gasteiger partial charge in [-0.3, -0.25) is 19.2 Å². The number of nitrogens with zero attached hydrogens (tertiary/aromatic N) is 1. The SMILES string of the molecule is O=C(O)c1ccc(NC(=O)C2C(=O)C(=O)N(c3ccc(C(=O)O)cc3)C2=O)cc1. The molecule has 1 unspecified atom stereocenters. The van der Waals surface area contributed by atoms with Gasteiger partial charge in [-0.05, 0) is 48.5 Å². The highest BCUT2D eigenvalue weighted by Crippen LogP contribution is 2.26. The van der Waals surface area contributed by atoms with Gasteiger partial charge in [0.05, 0.1) is 16.8 Å². The maximum atomic E-state index is 12.6. The molecule has 3 amide bonds. The summed E-state index contributed by atoms with van der Waals surface area (Å²) >= 11 is 0. The molecule has 1 aliphatic rings. The third kappa shape index (κ3) is 3.58. The highest BCUT2D eigenvalue weighted by Gasteiger charge is 2.51. The lowest BCUT2D eigenvalue weighted by atomic mass is 10.1. The lowest BCUT2D eigenvalue weighted by Gasteiger charge is -2.14. The summed E-state index contributed by atoms with van der Waals surface area (Å²) in [6.45, 7) is 0. The molecule has 2 aromatic carbocycles. The Morgan fingerprint density at radius 1 is 0.793 bits per heavy atom. The largest absolute Gasteiger partial charge is 0.478 e. The number of carbonyl (C=O) groups is 6. The average molecular weight is 396 g/mol. The summed E-state index contributed by atoms with van der Waals surface area (Å²) in [6.07, 6.45) is 0. The van der Waals surface area contributed by atoms with Crippen LogP contribution in [-0.4, -0.2) is 45.7 Å². The number of benzene rings is 2. The summed E-state index contributed by atoms with van der Waals surface area (Å²) in [5, 5.41) is 20.1. The number of amides is 3. The first-order chi connectivity index (χ1) is 13.7. The fourth-order valence-electron chi connectivity index (χ4n) is 2.71. The molecule has 0 aliphatic carbocycles. The van der Waals surface area contributed by atoms with Crippen LogP contribution in [-0.2, 0) is 19.2 Å². The van der Waals surface area contributed by atoms with E-state index in [1.165, 1.54) is 36.4 Å². The highest BCUT2D eigenvalue weighted by molar-refractivity contribution is 6.59. The van der Waals surface area contributed by atoms with Gasteiger partial charge in [-0.2, -0.15) is 0 Å². The maximum Gasteiger partial charge on any atom is 0.335 e. The molecule has 10 heteroatoms. The van der Waals surface area contributed by atoms with Gasteiger partial charge in [-0.25, -0.2) is 14.5 Å². The van der Waals surface area contributed by atoms with Crippen LogP contribution in [0.25, 0.3) is 0 Å². The Balaban J connectivity index is 1.81. The second-order valence-corrected chi connectivity index (χ2v) is 6.00. The molecule has 0 saturated carbocycles. The number of rotatable bonds is 5. The first-order valence-corrected chi connectivity index (χ1v) is 8.10. The van der Waals surface area contributed by atoms with Crippen LogP contribution in [0.4, 0.5) is 11.4 Å². The first kappa shape index (κ1) is 19.4. The Morgan fingerprint density at radius 3 is 1.76 bits per heavy atom. The maximum absolute atomic E-state index is 12.6. The van der Waals surface area contributed by atoms with Crippen molar-refractivity contribution >= 4 is 46.8 Å². The minimum absolute atomic E-state index is 0.0258. The van der Waals surface area contributed by atoms with Gasteiger partial charge in [0.1, 0.15) is 0 Å². The number of carboxylic acid groups (broad SMARTS) is 2. The predicted octanol–water partition coefficient (Wildman–Crippen LogP) is 0.780. The van der Waals surface area contributed by atoms with Crippen LogP contribution >= 0.6 is 0 Å². The Kier molecular flexibility index (Phi) is 4.92. The molecule has 2 aromatic rings. The number of Topliss-reactive ketones (excluding diaryl/α,β-unsaturated/α-hetero) is 1. The molecule has 0 radical (unpaired) electrons. The van der Waals surface area contributed by atoms with E-state index < -0.39 is 41.4 Å². The minimum atomic E-state index is -1.90. The molecular formula is C19H12N2O8. The van der Waals surface area contributed by atoms with E-state index in [2.05, 4.69) is 5.32 Å². The Hall–Kier alpha value is -4.34. The Labute approximate surface area is 162 Å². The van der Waals surface area contributed by atoms with Crippen LogP contribution in [0, 0.1) is 5.92 Å². The first-order valence-electron chi connectivity index (χ1n) is 8.10. The van der Waals surface area contributed by atoms with E-state index in [0.29, 0.717) is 4.90 Å². The molecule has 3 rings (SSSR count). The van der Waals surface area contributed by atoms with E-state index in [0.717, 1.165) is 12.1 Å². The fourth-order valence-corrected chi connectivity index (χ4v) is 2.71. The summed E-state index contributed by atoms with van der Waals surface area (Å²) in [4.78, 5) is 71.6. The van der Waals surface area contributed by atoms with E-state index in [1.807, 2.05) is 0 Å². The van der Waals surface area contributed by atoms with E-state index in [9.17, 15) is 28.8 Å². The molecule has 0 aromatic heterocycles. The van der Waals surface area contributed by atoms with Crippen LogP contribution in [0.5, 0.6) is 0 Å². The van der Waals surface area contributed by atoms with Gasteiger partial charge in [-0.15, -0.1) is 0 Å². The third-order valence-electron chi connectivity index (χ3n) is 4.18. The van der Waals surface area contributed by atoms with Crippen LogP contribution < -0.4 is 10.2 Å². The molecule has 1 fully saturated rings. The number of carboxylic acids is 2. The van der Waals surface area contributed by atoms with Crippen LogP contribution in [0.2, 0.25) is 0 Å². The van der Waals surface area contributed by atoms with Crippen molar-refractivity contribution in [1.82, 2.24) is 0 Å². The molecule has 1 heterocycles. The highest BCUT2D eigenvalue weighted by atomic mass is 16.4. The second-order valence-electron chi connectivity index (χ2n) is 6.00. The summed E-state index contributed by atoms with van der Waals surface area (Å²) in [5.41, 5.74) is -0.0165. The van der Waals surface area contributed by atoms with Gasteiger partial charge in [0, 0.05) is 5.69 Å². The number of nitrogens with one attached hydrogen (secondary N) is 1. The average Bonchev–Trinajstić information content (AvgIpc) is 2.91. The normalized spacial score (nSPS) is 16.1. The van der Waals surface area contributed by atoms with Gasteiger partial charge in [0.15, 0.2) is 5.92 Å². The summed E-state index contributed by atoms with van der Waals surface area (Å²) in [6, 6.07) is 9.65. The molecule has 146 valence electrons. The molecule has 1 aliphatic heterocycles. The van der Waals surface area contributed by atoms with E-state index >= 15 is 0 Å². The molecule has 1 saturated heterocycles. The van der Waals surface area contributed by atoms with Crippen LogP contribution in [0.1, 0.15) is 20.7 Å². The molecule has 1 atom stereocenters. The molecule has 10 nitrogen and oxygen atoms in total. The van der Waals surface area contributed by atoms with Gasteiger partial charge >= 0.3 is 17.8 Å². The number of ketones is 1. The zero-order chi connectivity index (χ0) is 21.3. The van der Waals surface area contributed by atoms with Crippen molar-refractivity contribution in [3.8, 4) is 0 Å². The van der Waals surface area contributed by atoms with Crippen molar-refractivity contribution in [2.24, 2.45) is 5.92 Å².